The number of H-pyrrole nitrogens is 1. The van der Waals surface area contributed by atoms with Gasteiger partial charge < -0.3 is 9.88 Å². The molecule has 2 N–H and O–H groups in total. The van der Waals surface area contributed by atoms with Gasteiger partial charge in [0.15, 0.2) is 4.77 Å². The number of hydrogen-bond acceptors (Lipinski definition) is 3. The number of aromatic amines is 1. The number of nitrogens with zero attached hydrogens (tertiary/aromatic N) is 2. The van der Waals surface area contributed by atoms with E-state index in [1.807, 2.05) is 11.5 Å². The summed E-state index contributed by atoms with van der Waals surface area (Å²) in [6, 6.07) is 0. The van der Waals surface area contributed by atoms with E-state index in [1.165, 1.54) is 31.3 Å². The Hall–Kier alpha value is -1.43. The smallest absolute Gasteiger partial charge is 0.243 e. The lowest BCUT2D eigenvalue weighted by Crippen LogP contribution is -2.26. The van der Waals surface area contributed by atoms with Gasteiger partial charge in [-0.15, -0.1) is 0 Å². The fourth-order valence-electron chi connectivity index (χ4n) is 2.40. The molecule has 0 saturated heterocycles. The highest BCUT2D eigenvalue weighted by Gasteiger charge is 2.28. The van der Waals surface area contributed by atoms with Gasteiger partial charge in [-0.2, -0.15) is 5.10 Å². The van der Waals surface area contributed by atoms with Gasteiger partial charge in [-0.3, -0.25) is 9.89 Å². The van der Waals surface area contributed by atoms with Gasteiger partial charge in [-0.1, -0.05) is 5.57 Å². The van der Waals surface area contributed by atoms with Crippen LogP contribution in [0.1, 0.15) is 44.3 Å². The Balaban J connectivity index is 1.52. The van der Waals surface area contributed by atoms with Crippen LogP contribution in [0.25, 0.3) is 0 Å². The largest absolute Gasteiger partial charge is 0.351 e. The molecule has 0 aromatic carbocycles. The van der Waals surface area contributed by atoms with E-state index in [0.717, 1.165) is 5.82 Å². The normalized spacial score (nSPS) is 19.1. The molecular weight excluding hydrogens is 272 g/mol. The van der Waals surface area contributed by atoms with Crippen LogP contribution in [0.4, 0.5) is 0 Å². The zero-order valence-corrected chi connectivity index (χ0v) is 12.5. The predicted octanol–water partition coefficient (Wildman–Crippen LogP) is 2.29. The number of aromatic nitrogens is 3. The van der Waals surface area contributed by atoms with E-state index in [0.29, 0.717) is 29.7 Å². The van der Waals surface area contributed by atoms with Gasteiger partial charge in [0.1, 0.15) is 5.82 Å². The van der Waals surface area contributed by atoms with Crippen molar-refractivity contribution in [1.29, 1.82) is 0 Å². The molecule has 2 saturated carbocycles. The summed E-state index contributed by atoms with van der Waals surface area (Å²) in [7, 11) is 0. The van der Waals surface area contributed by atoms with E-state index in [2.05, 4.69) is 15.5 Å². The van der Waals surface area contributed by atoms with Gasteiger partial charge >= 0.3 is 0 Å². The zero-order chi connectivity index (χ0) is 14.1. The van der Waals surface area contributed by atoms with E-state index in [9.17, 15) is 4.79 Å². The van der Waals surface area contributed by atoms with E-state index in [-0.39, 0.29) is 5.91 Å². The lowest BCUT2D eigenvalue weighted by Gasteiger charge is -2.07. The lowest BCUT2D eigenvalue weighted by atomic mass is 10.2. The number of nitrogens with one attached hydrogen (secondary N) is 2. The van der Waals surface area contributed by atoms with Gasteiger partial charge in [0, 0.05) is 25.1 Å². The third-order valence-corrected chi connectivity index (χ3v) is 4.26. The third-order valence-electron chi connectivity index (χ3n) is 3.95. The van der Waals surface area contributed by atoms with Crippen LogP contribution in [0.5, 0.6) is 0 Å². The Morgan fingerprint density at radius 3 is 2.90 bits per heavy atom. The Labute approximate surface area is 123 Å². The van der Waals surface area contributed by atoms with Crippen LogP contribution in [0.15, 0.2) is 11.6 Å². The van der Waals surface area contributed by atoms with Crippen LogP contribution < -0.4 is 5.32 Å². The van der Waals surface area contributed by atoms with Gasteiger partial charge in [0.2, 0.25) is 5.91 Å². The summed E-state index contributed by atoms with van der Waals surface area (Å²) < 4.78 is 2.65. The Bertz CT molecular complexity index is 593. The minimum atomic E-state index is -0.00242. The van der Waals surface area contributed by atoms with E-state index < -0.39 is 0 Å². The van der Waals surface area contributed by atoms with Crippen molar-refractivity contribution in [3.63, 3.8) is 0 Å². The van der Waals surface area contributed by atoms with E-state index in [1.54, 1.807) is 6.08 Å². The van der Waals surface area contributed by atoms with Gasteiger partial charge in [0.05, 0.1) is 0 Å². The molecule has 2 fully saturated rings. The number of rotatable bonds is 6. The second-order valence-corrected chi connectivity index (χ2v) is 6.15. The standard InChI is InChI=1S/C14H20N4OS/c1-9(10-2-3-10)8-12(19)15-6-7-18-13(11-4-5-11)16-17-14(18)20/h8,10-11H,2-7H2,1H3,(H,15,19)(H,17,20)/b9-8+. The maximum Gasteiger partial charge on any atom is 0.243 e. The SMILES string of the molecule is C/C(=C\C(=O)NCCn1c(C2CC2)n[nH]c1=S)C1CC1. The number of carbonyl (C=O) groups excluding carboxylic acids is 1. The molecule has 1 heterocycles. The third kappa shape index (κ3) is 3.17. The average Bonchev–Trinajstić information content (AvgIpc) is 3.29. The molecule has 20 heavy (non-hydrogen) atoms. The van der Waals surface area contributed by atoms with Gasteiger partial charge in [-0.05, 0) is 50.7 Å². The molecule has 1 amide bonds. The summed E-state index contributed by atoms with van der Waals surface area (Å²) >= 11 is 5.23. The average molecular weight is 292 g/mol. The van der Waals surface area contributed by atoms with Crippen molar-refractivity contribution in [2.75, 3.05) is 6.54 Å². The summed E-state index contributed by atoms with van der Waals surface area (Å²) in [4.78, 5) is 11.8. The van der Waals surface area contributed by atoms with Crippen LogP contribution >= 0.6 is 12.2 Å². The molecule has 2 aliphatic rings. The summed E-state index contributed by atoms with van der Waals surface area (Å²) in [5.74, 6) is 2.23. The first-order valence-electron chi connectivity index (χ1n) is 7.26. The van der Waals surface area contributed by atoms with Crippen LogP contribution in [-0.2, 0) is 11.3 Å². The first-order valence-corrected chi connectivity index (χ1v) is 7.67. The summed E-state index contributed by atoms with van der Waals surface area (Å²) in [6.07, 6.45) is 6.56. The molecule has 0 bridgehead atoms. The molecule has 5 nitrogen and oxygen atoms in total. The molecule has 1 aromatic heterocycles. The van der Waals surface area contributed by atoms with Gasteiger partial charge in [0.25, 0.3) is 0 Å². The van der Waals surface area contributed by atoms with Crippen molar-refractivity contribution >= 4 is 18.1 Å². The van der Waals surface area contributed by atoms with E-state index >= 15 is 0 Å². The fraction of sp³-hybridized carbons (Fsp3) is 0.643. The van der Waals surface area contributed by atoms with Crippen molar-refractivity contribution < 1.29 is 4.79 Å². The molecule has 6 heteroatoms. The quantitative estimate of drug-likeness (QED) is 0.624. The molecule has 0 spiro atoms. The number of carbonyl (C=O) groups is 1. The number of hydrogen-bond donors (Lipinski definition) is 2. The molecule has 108 valence electrons. The van der Waals surface area contributed by atoms with Crippen molar-refractivity contribution in [3.05, 3.63) is 22.2 Å². The molecule has 0 aliphatic heterocycles. The predicted molar refractivity (Wildman–Crippen MR) is 78.9 cm³/mol. The molecule has 0 atom stereocenters. The molecule has 1 aromatic rings. The molecule has 0 radical (unpaired) electrons. The summed E-state index contributed by atoms with van der Waals surface area (Å²) in [5, 5.41) is 10.0. The van der Waals surface area contributed by atoms with Crippen LogP contribution in [0.2, 0.25) is 0 Å². The van der Waals surface area contributed by atoms with Crippen LogP contribution in [0, 0.1) is 10.7 Å². The summed E-state index contributed by atoms with van der Waals surface area (Å²) in [5.41, 5.74) is 1.20. The molecule has 0 unspecified atom stereocenters. The van der Waals surface area contributed by atoms with Crippen molar-refractivity contribution in [2.45, 2.75) is 45.1 Å². The Morgan fingerprint density at radius 1 is 1.50 bits per heavy atom. The highest BCUT2D eigenvalue weighted by atomic mass is 32.1. The van der Waals surface area contributed by atoms with Crippen molar-refractivity contribution in [3.8, 4) is 0 Å². The lowest BCUT2D eigenvalue weighted by molar-refractivity contribution is -0.116. The van der Waals surface area contributed by atoms with E-state index in [4.69, 9.17) is 12.2 Å². The minimum absolute atomic E-state index is 0.00242. The molecule has 3 rings (SSSR count). The van der Waals surface area contributed by atoms with Crippen LogP contribution in [-0.4, -0.2) is 27.2 Å². The molecular formula is C14H20N4OS. The fourth-order valence-corrected chi connectivity index (χ4v) is 2.63. The highest BCUT2D eigenvalue weighted by molar-refractivity contribution is 7.71. The monoisotopic (exact) mass is 292 g/mol. The van der Waals surface area contributed by atoms with Crippen molar-refractivity contribution in [2.24, 2.45) is 5.92 Å². The first-order chi connectivity index (χ1) is 9.65. The van der Waals surface area contributed by atoms with Crippen molar-refractivity contribution in [1.82, 2.24) is 20.1 Å². The Kier molecular flexibility index (Phi) is 3.74. The Morgan fingerprint density at radius 2 is 2.25 bits per heavy atom. The van der Waals surface area contributed by atoms with Crippen LogP contribution in [0.3, 0.4) is 0 Å². The number of amides is 1. The topological polar surface area (TPSA) is 62.7 Å². The second kappa shape index (κ2) is 5.52. The zero-order valence-electron chi connectivity index (χ0n) is 11.7. The summed E-state index contributed by atoms with van der Waals surface area (Å²) in [6.45, 7) is 3.30. The van der Waals surface area contributed by atoms with Gasteiger partial charge in [-0.25, -0.2) is 0 Å². The second-order valence-electron chi connectivity index (χ2n) is 5.77. The maximum atomic E-state index is 11.8. The minimum Gasteiger partial charge on any atom is -0.351 e. The highest BCUT2D eigenvalue weighted by Crippen LogP contribution is 2.38. The maximum absolute atomic E-state index is 11.8. The molecule has 2 aliphatic carbocycles. The number of allylic oxidation sites excluding steroid dienone is 1. The first kappa shape index (κ1) is 13.5.